The molecule has 1 N–H and O–H groups in total. The van der Waals surface area contributed by atoms with Crippen LogP contribution in [0.2, 0.25) is 0 Å². The second-order valence-electron chi connectivity index (χ2n) is 6.87. The highest BCUT2D eigenvalue weighted by atomic mass is 19.1. The monoisotopic (exact) mass is 382 g/mol. The van der Waals surface area contributed by atoms with E-state index >= 15 is 0 Å². The van der Waals surface area contributed by atoms with Crippen LogP contribution < -0.4 is 10.2 Å². The molecular weight excluding hydrogens is 362 g/mol. The number of benzene rings is 2. The lowest BCUT2D eigenvalue weighted by Crippen LogP contribution is -2.20. The number of rotatable bonds is 4. The van der Waals surface area contributed by atoms with Gasteiger partial charge >= 0.3 is 0 Å². The Bertz CT molecular complexity index is 1010. The maximum atomic E-state index is 14.5. The third-order valence-corrected chi connectivity index (χ3v) is 4.80. The maximum Gasteiger partial charge on any atom is 0.256 e. The van der Waals surface area contributed by atoms with Gasteiger partial charge < -0.3 is 10.2 Å². The highest BCUT2D eigenvalue weighted by Crippen LogP contribution is 2.25. The average Bonchev–Trinajstić information content (AvgIpc) is 3.32. The van der Waals surface area contributed by atoms with E-state index in [2.05, 4.69) is 10.4 Å². The van der Waals surface area contributed by atoms with Crippen molar-refractivity contribution in [3.8, 4) is 5.69 Å². The fourth-order valence-corrected chi connectivity index (χ4v) is 3.42. The molecule has 2 heterocycles. The normalized spacial score (nSPS) is 13.8. The Hall–Kier alpha value is -3.22. The molecule has 1 amide bonds. The molecule has 0 spiro atoms. The Morgan fingerprint density at radius 2 is 1.75 bits per heavy atom. The summed E-state index contributed by atoms with van der Waals surface area (Å²) in [5.74, 6) is -0.766. The molecule has 0 bridgehead atoms. The number of halogens is 2. The van der Waals surface area contributed by atoms with Gasteiger partial charge in [-0.3, -0.25) is 4.79 Å². The number of nitrogens with one attached hydrogen (secondary N) is 1. The number of carbonyl (C=O) groups is 1. The van der Waals surface area contributed by atoms with Gasteiger partial charge in [0.05, 0.1) is 17.1 Å². The molecule has 0 atom stereocenters. The Kier molecular flexibility index (Phi) is 4.81. The number of amides is 1. The van der Waals surface area contributed by atoms with E-state index in [-0.39, 0.29) is 11.4 Å². The number of aromatic nitrogens is 2. The Balaban J connectivity index is 1.57. The molecule has 28 heavy (non-hydrogen) atoms. The maximum absolute atomic E-state index is 14.5. The molecule has 4 rings (SSSR count). The van der Waals surface area contributed by atoms with Gasteiger partial charge in [0.1, 0.15) is 17.5 Å². The molecule has 1 saturated heterocycles. The number of aryl methyl sites for hydroxylation is 1. The first kappa shape index (κ1) is 18.2. The van der Waals surface area contributed by atoms with Crippen LogP contribution >= 0.6 is 0 Å². The summed E-state index contributed by atoms with van der Waals surface area (Å²) in [6.07, 6.45) is 2.10. The quantitative estimate of drug-likeness (QED) is 0.732. The molecule has 0 saturated carbocycles. The molecule has 1 aromatic heterocycles. The van der Waals surface area contributed by atoms with Crippen molar-refractivity contribution in [2.45, 2.75) is 19.8 Å². The van der Waals surface area contributed by atoms with Crippen LogP contribution in [0.1, 0.15) is 28.9 Å². The van der Waals surface area contributed by atoms with E-state index in [1.165, 1.54) is 22.9 Å². The summed E-state index contributed by atoms with van der Waals surface area (Å²) in [6, 6.07) is 12.0. The SMILES string of the molecule is Cc1cc(NC(=O)c2ccc(N3CCCC3)c(F)c2)n(-c2ccc(F)cc2)n1. The van der Waals surface area contributed by atoms with Crippen molar-refractivity contribution in [2.24, 2.45) is 0 Å². The van der Waals surface area contributed by atoms with E-state index in [1.54, 1.807) is 37.3 Å². The molecule has 7 heteroatoms. The molecule has 0 aliphatic carbocycles. The molecule has 5 nitrogen and oxygen atoms in total. The summed E-state index contributed by atoms with van der Waals surface area (Å²) in [5.41, 5.74) is 2.06. The van der Waals surface area contributed by atoms with Crippen LogP contribution in [0.25, 0.3) is 5.69 Å². The first-order valence-electron chi connectivity index (χ1n) is 9.20. The van der Waals surface area contributed by atoms with Crippen LogP contribution in [0, 0.1) is 18.6 Å². The standard InChI is InChI=1S/C21H20F2N4O/c1-14-12-20(27(25-14)17-7-5-16(22)6-8-17)24-21(28)15-4-9-19(18(23)13-15)26-10-2-3-11-26/h4-9,12-13H,2-3,10-11H2,1H3,(H,24,28). The van der Waals surface area contributed by atoms with Gasteiger partial charge in [0.15, 0.2) is 0 Å². The zero-order valence-electron chi connectivity index (χ0n) is 15.5. The predicted octanol–water partition coefficient (Wildman–Crippen LogP) is 4.31. The first-order valence-corrected chi connectivity index (χ1v) is 9.20. The number of hydrogen-bond acceptors (Lipinski definition) is 3. The van der Waals surface area contributed by atoms with Crippen molar-refractivity contribution in [1.82, 2.24) is 9.78 Å². The highest BCUT2D eigenvalue weighted by Gasteiger charge is 2.18. The van der Waals surface area contributed by atoms with E-state index in [0.29, 0.717) is 22.9 Å². The predicted molar refractivity (Wildman–Crippen MR) is 104 cm³/mol. The minimum atomic E-state index is -0.435. The van der Waals surface area contributed by atoms with Gasteiger partial charge in [0.2, 0.25) is 0 Å². The summed E-state index contributed by atoms with van der Waals surface area (Å²) >= 11 is 0. The third-order valence-electron chi connectivity index (χ3n) is 4.80. The fourth-order valence-electron chi connectivity index (χ4n) is 3.42. The zero-order chi connectivity index (χ0) is 19.7. The summed E-state index contributed by atoms with van der Waals surface area (Å²) < 4.78 is 29.2. The van der Waals surface area contributed by atoms with Gasteiger partial charge in [0, 0.05) is 24.7 Å². The van der Waals surface area contributed by atoms with Gasteiger partial charge in [-0.1, -0.05) is 0 Å². The third kappa shape index (κ3) is 3.60. The van der Waals surface area contributed by atoms with Crippen LogP contribution in [-0.2, 0) is 0 Å². The van der Waals surface area contributed by atoms with E-state index in [0.717, 1.165) is 25.9 Å². The van der Waals surface area contributed by atoms with Crippen molar-refractivity contribution in [3.63, 3.8) is 0 Å². The van der Waals surface area contributed by atoms with Crippen LogP contribution in [0.5, 0.6) is 0 Å². The van der Waals surface area contributed by atoms with Crippen LogP contribution in [0.4, 0.5) is 20.3 Å². The van der Waals surface area contributed by atoms with Crippen LogP contribution in [-0.4, -0.2) is 28.8 Å². The summed E-state index contributed by atoms with van der Waals surface area (Å²) in [4.78, 5) is 14.6. The van der Waals surface area contributed by atoms with Crippen molar-refractivity contribution >= 4 is 17.4 Å². The van der Waals surface area contributed by atoms with Gasteiger partial charge in [-0.05, 0) is 62.2 Å². The van der Waals surface area contributed by atoms with Crippen molar-refractivity contribution in [1.29, 1.82) is 0 Å². The van der Waals surface area contributed by atoms with Crippen LogP contribution in [0.3, 0.4) is 0 Å². The first-order chi connectivity index (χ1) is 13.5. The minimum absolute atomic E-state index is 0.227. The van der Waals surface area contributed by atoms with E-state index in [4.69, 9.17) is 0 Å². The minimum Gasteiger partial charge on any atom is -0.369 e. The Morgan fingerprint density at radius 3 is 2.43 bits per heavy atom. The summed E-state index contributed by atoms with van der Waals surface area (Å²) in [7, 11) is 0. The molecule has 0 radical (unpaired) electrons. The van der Waals surface area contributed by atoms with Crippen LogP contribution in [0.15, 0.2) is 48.5 Å². The molecule has 1 aliphatic heterocycles. The lowest BCUT2D eigenvalue weighted by Gasteiger charge is -2.18. The van der Waals surface area contributed by atoms with Crippen molar-refractivity contribution < 1.29 is 13.6 Å². The van der Waals surface area contributed by atoms with E-state index in [1.807, 2.05) is 4.90 Å². The topological polar surface area (TPSA) is 50.2 Å². The molecule has 0 unspecified atom stereocenters. The second-order valence-corrected chi connectivity index (χ2v) is 6.87. The number of hydrogen-bond donors (Lipinski definition) is 1. The molecule has 2 aromatic carbocycles. The lowest BCUT2D eigenvalue weighted by molar-refractivity contribution is 0.102. The molecule has 3 aromatic rings. The summed E-state index contributed by atoms with van der Waals surface area (Å²) in [5, 5.41) is 7.10. The van der Waals surface area contributed by atoms with Gasteiger partial charge in [-0.15, -0.1) is 0 Å². The van der Waals surface area contributed by atoms with E-state index in [9.17, 15) is 13.6 Å². The van der Waals surface area contributed by atoms with Gasteiger partial charge in [-0.25, -0.2) is 13.5 Å². The lowest BCUT2D eigenvalue weighted by atomic mass is 10.1. The largest absolute Gasteiger partial charge is 0.369 e. The Morgan fingerprint density at radius 1 is 1.04 bits per heavy atom. The molecular formula is C21H20F2N4O. The average molecular weight is 382 g/mol. The number of nitrogens with zero attached hydrogens (tertiary/aromatic N) is 3. The fraction of sp³-hybridized carbons (Fsp3) is 0.238. The summed E-state index contributed by atoms with van der Waals surface area (Å²) in [6.45, 7) is 3.46. The molecule has 1 fully saturated rings. The molecule has 1 aliphatic rings. The second kappa shape index (κ2) is 7.42. The smallest absolute Gasteiger partial charge is 0.256 e. The Labute approximate surface area is 161 Å². The van der Waals surface area contributed by atoms with E-state index < -0.39 is 11.7 Å². The van der Waals surface area contributed by atoms with Gasteiger partial charge in [0.25, 0.3) is 5.91 Å². The van der Waals surface area contributed by atoms with Crippen molar-refractivity contribution in [3.05, 3.63) is 71.4 Å². The number of carbonyl (C=O) groups excluding carboxylic acids is 1. The zero-order valence-corrected chi connectivity index (χ0v) is 15.5. The van der Waals surface area contributed by atoms with Gasteiger partial charge in [-0.2, -0.15) is 5.10 Å². The molecule has 144 valence electrons. The van der Waals surface area contributed by atoms with Crippen molar-refractivity contribution in [2.75, 3.05) is 23.3 Å². The number of anilines is 2. The highest BCUT2D eigenvalue weighted by molar-refractivity contribution is 6.04.